The molecule has 1 aliphatic carbocycles. The first-order valence-corrected chi connectivity index (χ1v) is 11.6. The molecule has 33 heavy (non-hydrogen) atoms. The van der Waals surface area contributed by atoms with Gasteiger partial charge in [0.2, 0.25) is 0 Å². The average Bonchev–Trinajstić information content (AvgIpc) is 3.27. The topological polar surface area (TPSA) is 66.9 Å². The minimum atomic E-state index is -4.51. The number of carbonyl (C=O) groups is 1. The zero-order valence-corrected chi connectivity index (χ0v) is 18.3. The third-order valence-electron chi connectivity index (χ3n) is 6.02. The van der Waals surface area contributed by atoms with Gasteiger partial charge in [-0.1, -0.05) is 18.2 Å². The number of nitrogens with one attached hydrogen (secondary N) is 2. The number of alkyl halides is 3. The molecule has 0 spiro atoms. The van der Waals surface area contributed by atoms with E-state index < -0.39 is 11.9 Å². The number of para-hydroxylation sites is 1. The fourth-order valence-corrected chi connectivity index (χ4v) is 5.02. The fourth-order valence-electron chi connectivity index (χ4n) is 4.31. The summed E-state index contributed by atoms with van der Waals surface area (Å²) in [7, 11) is 0. The molecular formula is C24H21F3N4OS. The Balaban J connectivity index is 1.24. The molecule has 2 aromatic heterocycles. The van der Waals surface area contributed by atoms with Crippen molar-refractivity contribution in [3.63, 3.8) is 0 Å². The van der Waals surface area contributed by atoms with Crippen LogP contribution in [0.5, 0.6) is 0 Å². The number of pyridine rings is 1. The maximum Gasteiger partial charge on any atom is 0.433 e. The van der Waals surface area contributed by atoms with Gasteiger partial charge in [-0.25, -0.2) is 9.97 Å². The second-order valence-electron chi connectivity index (χ2n) is 8.27. The Labute approximate surface area is 192 Å². The summed E-state index contributed by atoms with van der Waals surface area (Å²) in [5, 5.41) is 7.06. The summed E-state index contributed by atoms with van der Waals surface area (Å²) >= 11 is 1.50. The van der Waals surface area contributed by atoms with Crippen LogP contribution in [0, 0.1) is 0 Å². The molecule has 2 heterocycles. The standard InChI is InChI=1S/C24H21F3N4OS/c25-24(26,27)22-12-20(17-3-1-2-4-18(17)31-22)29-15-6-8-16(9-7-15)30-23(32)14-5-10-19-21(11-14)33-13-28-19/h1-5,10-13,15-16H,6-9H2,(H,29,31)(H,30,32)/t15-,16+. The van der Waals surface area contributed by atoms with E-state index in [1.54, 1.807) is 35.8 Å². The number of aromatic nitrogens is 2. The quantitative estimate of drug-likeness (QED) is 0.383. The van der Waals surface area contributed by atoms with Gasteiger partial charge in [-0.05, 0) is 56.0 Å². The maximum atomic E-state index is 13.3. The van der Waals surface area contributed by atoms with Crippen LogP contribution in [0.25, 0.3) is 21.1 Å². The number of fused-ring (bicyclic) bond motifs is 2. The van der Waals surface area contributed by atoms with Gasteiger partial charge in [-0.3, -0.25) is 4.79 Å². The van der Waals surface area contributed by atoms with Crippen molar-refractivity contribution in [2.45, 2.75) is 43.9 Å². The monoisotopic (exact) mass is 470 g/mol. The largest absolute Gasteiger partial charge is 0.433 e. The van der Waals surface area contributed by atoms with Crippen molar-refractivity contribution in [2.75, 3.05) is 5.32 Å². The van der Waals surface area contributed by atoms with Crippen LogP contribution < -0.4 is 10.6 Å². The highest BCUT2D eigenvalue weighted by Gasteiger charge is 2.34. The van der Waals surface area contributed by atoms with E-state index in [9.17, 15) is 18.0 Å². The number of hydrogen-bond acceptors (Lipinski definition) is 5. The van der Waals surface area contributed by atoms with Crippen molar-refractivity contribution in [1.82, 2.24) is 15.3 Å². The molecule has 1 fully saturated rings. The molecule has 0 atom stereocenters. The van der Waals surface area contributed by atoms with E-state index in [0.29, 0.717) is 22.2 Å². The number of nitrogens with zero attached hydrogens (tertiary/aromatic N) is 2. The number of halogens is 3. The molecular weight excluding hydrogens is 449 g/mol. The molecule has 1 aliphatic rings. The highest BCUT2D eigenvalue weighted by molar-refractivity contribution is 7.16. The van der Waals surface area contributed by atoms with Gasteiger partial charge in [0.1, 0.15) is 5.69 Å². The minimum absolute atomic E-state index is 0.0265. The lowest BCUT2D eigenvalue weighted by molar-refractivity contribution is -0.140. The van der Waals surface area contributed by atoms with Gasteiger partial charge in [0, 0.05) is 28.7 Å². The number of amides is 1. The van der Waals surface area contributed by atoms with Crippen molar-refractivity contribution in [3.05, 3.63) is 65.3 Å². The lowest BCUT2D eigenvalue weighted by Gasteiger charge is -2.30. The molecule has 5 nitrogen and oxygen atoms in total. The summed E-state index contributed by atoms with van der Waals surface area (Å²) in [4.78, 5) is 20.7. The fraction of sp³-hybridized carbons (Fsp3) is 0.292. The molecule has 0 aliphatic heterocycles. The van der Waals surface area contributed by atoms with Crippen LogP contribution in [-0.4, -0.2) is 28.0 Å². The van der Waals surface area contributed by atoms with Crippen LogP contribution in [0.4, 0.5) is 18.9 Å². The zero-order valence-electron chi connectivity index (χ0n) is 17.5. The van der Waals surface area contributed by atoms with E-state index in [1.165, 1.54) is 11.3 Å². The van der Waals surface area contributed by atoms with E-state index in [-0.39, 0.29) is 18.0 Å². The van der Waals surface area contributed by atoms with Crippen LogP contribution in [-0.2, 0) is 6.18 Å². The molecule has 4 aromatic rings. The Morgan fingerprint density at radius 2 is 1.73 bits per heavy atom. The van der Waals surface area contributed by atoms with Crippen molar-refractivity contribution < 1.29 is 18.0 Å². The summed E-state index contributed by atoms with van der Waals surface area (Å²) < 4.78 is 40.9. The summed E-state index contributed by atoms with van der Waals surface area (Å²) in [6, 6.07) is 13.5. The molecule has 0 radical (unpaired) electrons. The highest BCUT2D eigenvalue weighted by atomic mass is 32.1. The molecule has 2 N–H and O–H groups in total. The second kappa shape index (κ2) is 8.62. The first-order chi connectivity index (χ1) is 15.9. The third-order valence-corrected chi connectivity index (χ3v) is 6.81. The van der Waals surface area contributed by atoms with Crippen LogP contribution in [0.2, 0.25) is 0 Å². The Bertz CT molecular complexity index is 1310. The Hall–Kier alpha value is -3.20. The Kier molecular flexibility index (Phi) is 5.65. The molecule has 2 aromatic carbocycles. The van der Waals surface area contributed by atoms with E-state index in [4.69, 9.17) is 0 Å². The van der Waals surface area contributed by atoms with E-state index >= 15 is 0 Å². The number of benzene rings is 2. The lowest BCUT2D eigenvalue weighted by atomic mass is 9.90. The Morgan fingerprint density at radius 3 is 2.52 bits per heavy atom. The zero-order chi connectivity index (χ0) is 23.0. The average molecular weight is 471 g/mol. The number of carbonyl (C=O) groups excluding carboxylic acids is 1. The highest BCUT2D eigenvalue weighted by Crippen LogP contribution is 2.34. The number of rotatable bonds is 4. The molecule has 0 bridgehead atoms. The molecule has 1 saturated carbocycles. The predicted molar refractivity (Wildman–Crippen MR) is 123 cm³/mol. The number of thiazole rings is 1. The summed E-state index contributed by atoms with van der Waals surface area (Å²) in [5.74, 6) is -0.114. The van der Waals surface area contributed by atoms with Crippen LogP contribution >= 0.6 is 11.3 Å². The predicted octanol–water partition coefficient (Wildman–Crippen LogP) is 6.02. The van der Waals surface area contributed by atoms with Crippen LogP contribution in [0.15, 0.2) is 54.0 Å². The Morgan fingerprint density at radius 1 is 0.970 bits per heavy atom. The number of anilines is 1. The van der Waals surface area contributed by atoms with Crippen LogP contribution in [0.1, 0.15) is 41.7 Å². The molecule has 0 saturated heterocycles. The number of hydrogen-bond donors (Lipinski definition) is 2. The van der Waals surface area contributed by atoms with Gasteiger partial charge < -0.3 is 10.6 Å². The summed E-state index contributed by atoms with van der Waals surface area (Å²) in [6.07, 6.45) is -1.51. The van der Waals surface area contributed by atoms with Crippen LogP contribution in [0.3, 0.4) is 0 Å². The molecule has 9 heteroatoms. The second-order valence-corrected chi connectivity index (χ2v) is 9.16. The molecule has 0 unspecified atom stereocenters. The van der Waals surface area contributed by atoms with Crippen molar-refractivity contribution in [1.29, 1.82) is 0 Å². The van der Waals surface area contributed by atoms with Gasteiger partial charge in [0.05, 0.1) is 21.2 Å². The molecule has 170 valence electrons. The third kappa shape index (κ3) is 4.64. The lowest BCUT2D eigenvalue weighted by Crippen LogP contribution is -2.40. The van der Waals surface area contributed by atoms with Gasteiger partial charge in [-0.2, -0.15) is 13.2 Å². The SMILES string of the molecule is O=C(N[C@H]1CC[C@@H](Nc2cc(C(F)(F)F)nc3ccccc23)CC1)c1ccc2ncsc2c1. The normalized spacial score (nSPS) is 19.0. The van der Waals surface area contributed by atoms with Crippen molar-refractivity contribution in [3.8, 4) is 0 Å². The smallest absolute Gasteiger partial charge is 0.382 e. The van der Waals surface area contributed by atoms with Gasteiger partial charge >= 0.3 is 6.18 Å². The van der Waals surface area contributed by atoms with Gasteiger partial charge in [-0.15, -0.1) is 11.3 Å². The maximum absolute atomic E-state index is 13.3. The summed E-state index contributed by atoms with van der Waals surface area (Å²) in [6.45, 7) is 0. The van der Waals surface area contributed by atoms with Gasteiger partial charge in [0.15, 0.2) is 0 Å². The minimum Gasteiger partial charge on any atom is -0.382 e. The first-order valence-electron chi connectivity index (χ1n) is 10.7. The van der Waals surface area contributed by atoms with Gasteiger partial charge in [0.25, 0.3) is 5.91 Å². The summed E-state index contributed by atoms with van der Waals surface area (Å²) in [5.41, 5.74) is 3.09. The molecule has 5 rings (SSSR count). The van der Waals surface area contributed by atoms with E-state index in [0.717, 1.165) is 42.0 Å². The van der Waals surface area contributed by atoms with E-state index in [2.05, 4.69) is 20.6 Å². The molecule has 1 amide bonds. The first kappa shape index (κ1) is 21.6. The van der Waals surface area contributed by atoms with E-state index in [1.807, 2.05) is 12.1 Å². The van der Waals surface area contributed by atoms with Crippen molar-refractivity contribution >= 4 is 44.1 Å². The van der Waals surface area contributed by atoms with Crippen molar-refractivity contribution in [2.24, 2.45) is 0 Å².